The van der Waals surface area contributed by atoms with Crippen LogP contribution in [-0.2, 0) is 5.41 Å². The lowest BCUT2D eigenvalue weighted by molar-refractivity contribution is 0.247. The van der Waals surface area contributed by atoms with E-state index < -0.39 is 0 Å². The summed E-state index contributed by atoms with van der Waals surface area (Å²) < 4.78 is 0. The summed E-state index contributed by atoms with van der Waals surface area (Å²) in [5.74, 6) is 0.815. The summed E-state index contributed by atoms with van der Waals surface area (Å²) in [6.45, 7) is 3.00. The van der Waals surface area contributed by atoms with E-state index in [1.54, 1.807) is 23.7 Å². The molecule has 2 N–H and O–H groups in total. The lowest BCUT2D eigenvalue weighted by Crippen LogP contribution is -2.38. The number of hydrogen-bond donors (Lipinski definition) is 1. The third kappa shape index (κ3) is 1.91. The average molecular weight is 262 g/mol. The number of nitrogens with zero attached hydrogens (tertiary/aromatic N) is 3. The zero-order valence-electron chi connectivity index (χ0n) is 10.6. The number of fused-ring (bicyclic) bond motifs is 1. The number of rotatable bonds is 2. The Labute approximate surface area is 111 Å². The molecule has 18 heavy (non-hydrogen) atoms. The molecular formula is C13H18N4S. The van der Waals surface area contributed by atoms with Gasteiger partial charge >= 0.3 is 0 Å². The Bertz CT molecular complexity index is 510. The molecule has 1 saturated carbocycles. The lowest BCUT2D eigenvalue weighted by Gasteiger charge is -2.36. The summed E-state index contributed by atoms with van der Waals surface area (Å²) in [7, 11) is 0. The zero-order valence-corrected chi connectivity index (χ0v) is 11.4. The summed E-state index contributed by atoms with van der Waals surface area (Å²) in [5.41, 5.74) is 6.90. The summed E-state index contributed by atoms with van der Waals surface area (Å²) in [5, 5.41) is 1.14. The Morgan fingerprint density at radius 2 is 2.06 bits per heavy atom. The van der Waals surface area contributed by atoms with Crippen LogP contribution in [0.25, 0.3) is 10.5 Å². The summed E-state index contributed by atoms with van der Waals surface area (Å²) >= 11 is 1.66. The van der Waals surface area contributed by atoms with Gasteiger partial charge in [0.05, 0.1) is 0 Å². The first-order chi connectivity index (χ1) is 8.73. The van der Waals surface area contributed by atoms with Gasteiger partial charge in [-0.15, -0.1) is 0 Å². The molecular weight excluding hydrogens is 244 g/mol. The molecule has 4 nitrogen and oxygen atoms in total. The Balaban J connectivity index is 2.00. The van der Waals surface area contributed by atoms with Crippen molar-refractivity contribution in [3.05, 3.63) is 17.4 Å². The summed E-state index contributed by atoms with van der Waals surface area (Å²) in [6.07, 6.45) is 8.20. The molecule has 96 valence electrons. The largest absolute Gasteiger partial charge is 0.329 e. The van der Waals surface area contributed by atoms with Crippen LogP contribution in [0, 0.1) is 5.92 Å². The monoisotopic (exact) mass is 262 g/mol. The fraction of sp³-hybridized carbons (Fsp3) is 0.615. The Hall–Kier alpha value is -1.07. The van der Waals surface area contributed by atoms with E-state index in [4.69, 9.17) is 5.73 Å². The van der Waals surface area contributed by atoms with Gasteiger partial charge in [-0.2, -0.15) is 0 Å². The molecule has 0 aromatic carbocycles. The van der Waals surface area contributed by atoms with E-state index in [1.165, 1.54) is 12.8 Å². The maximum absolute atomic E-state index is 6.06. The van der Waals surface area contributed by atoms with E-state index >= 15 is 0 Å². The molecule has 0 bridgehead atoms. The average Bonchev–Trinajstić information content (AvgIpc) is 2.84. The van der Waals surface area contributed by atoms with E-state index in [0.29, 0.717) is 6.54 Å². The van der Waals surface area contributed by atoms with Gasteiger partial charge in [0.1, 0.15) is 5.01 Å². The lowest BCUT2D eigenvalue weighted by atomic mass is 9.71. The SMILES string of the molecule is CC1CCC(CN)(c2nc3nccnc3s2)CC1. The van der Waals surface area contributed by atoms with Crippen LogP contribution in [0.5, 0.6) is 0 Å². The van der Waals surface area contributed by atoms with Crippen molar-refractivity contribution >= 4 is 21.8 Å². The third-order valence-corrected chi connectivity index (χ3v) is 5.32. The Morgan fingerprint density at radius 3 is 2.72 bits per heavy atom. The minimum absolute atomic E-state index is 0.0690. The normalized spacial score (nSPS) is 28.7. The predicted molar refractivity (Wildman–Crippen MR) is 73.6 cm³/mol. The summed E-state index contributed by atoms with van der Waals surface area (Å²) in [6, 6.07) is 0. The Morgan fingerprint density at radius 1 is 1.33 bits per heavy atom. The minimum Gasteiger partial charge on any atom is -0.329 e. The fourth-order valence-corrected chi connectivity index (χ4v) is 3.85. The van der Waals surface area contributed by atoms with Crippen molar-refractivity contribution in [1.29, 1.82) is 0 Å². The van der Waals surface area contributed by atoms with Crippen molar-refractivity contribution in [3.8, 4) is 0 Å². The molecule has 1 fully saturated rings. The van der Waals surface area contributed by atoms with Crippen LogP contribution in [0.15, 0.2) is 12.4 Å². The maximum Gasteiger partial charge on any atom is 0.189 e. The summed E-state index contributed by atoms with van der Waals surface area (Å²) in [4.78, 5) is 14.2. The number of hydrogen-bond acceptors (Lipinski definition) is 5. The predicted octanol–water partition coefficient (Wildman–Crippen LogP) is 2.49. The molecule has 1 aliphatic rings. The van der Waals surface area contributed by atoms with Crippen molar-refractivity contribution in [2.24, 2.45) is 11.7 Å². The highest BCUT2D eigenvalue weighted by Crippen LogP contribution is 2.42. The highest BCUT2D eigenvalue weighted by atomic mass is 32.1. The minimum atomic E-state index is 0.0690. The van der Waals surface area contributed by atoms with E-state index in [1.807, 2.05) is 0 Å². The fourth-order valence-electron chi connectivity index (χ4n) is 2.72. The molecule has 2 aromatic rings. The van der Waals surface area contributed by atoms with Crippen molar-refractivity contribution in [1.82, 2.24) is 15.0 Å². The molecule has 0 unspecified atom stereocenters. The second kappa shape index (κ2) is 4.55. The molecule has 0 amide bonds. The van der Waals surface area contributed by atoms with Gasteiger partial charge in [0.2, 0.25) is 0 Å². The molecule has 0 atom stereocenters. The highest BCUT2D eigenvalue weighted by Gasteiger charge is 2.37. The van der Waals surface area contributed by atoms with Gasteiger partial charge in [0.15, 0.2) is 10.5 Å². The Kier molecular flexibility index (Phi) is 3.03. The van der Waals surface area contributed by atoms with Gasteiger partial charge in [0, 0.05) is 24.4 Å². The molecule has 0 radical (unpaired) electrons. The van der Waals surface area contributed by atoms with Gasteiger partial charge < -0.3 is 5.73 Å². The number of thiazole rings is 1. The van der Waals surface area contributed by atoms with E-state index in [0.717, 1.165) is 34.2 Å². The zero-order chi connectivity index (χ0) is 12.6. The van der Waals surface area contributed by atoms with Crippen molar-refractivity contribution in [2.75, 3.05) is 6.54 Å². The van der Waals surface area contributed by atoms with Gasteiger partial charge in [-0.3, -0.25) is 0 Å². The first-order valence-corrected chi connectivity index (χ1v) is 7.33. The van der Waals surface area contributed by atoms with Gasteiger partial charge in [-0.1, -0.05) is 18.3 Å². The first kappa shape index (κ1) is 12.0. The number of nitrogens with two attached hydrogens (primary N) is 1. The molecule has 3 rings (SSSR count). The van der Waals surface area contributed by atoms with Crippen LogP contribution in [0.3, 0.4) is 0 Å². The molecule has 2 heterocycles. The van der Waals surface area contributed by atoms with Crippen LogP contribution in [0.2, 0.25) is 0 Å². The smallest absolute Gasteiger partial charge is 0.189 e. The maximum atomic E-state index is 6.06. The van der Waals surface area contributed by atoms with E-state index in [-0.39, 0.29) is 5.41 Å². The van der Waals surface area contributed by atoms with Crippen LogP contribution in [-0.4, -0.2) is 21.5 Å². The van der Waals surface area contributed by atoms with Crippen molar-refractivity contribution in [3.63, 3.8) is 0 Å². The van der Waals surface area contributed by atoms with Crippen molar-refractivity contribution < 1.29 is 0 Å². The van der Waals surface area contributed by atoms with Crippen LogP contribution in [0.1, 0.15) is 37.6 Å². The van der Waals surface area contributed by atoms with Gasteiger partial charge in [-0.05, 0) is 31.6 Å². The van der Waals surface area contributed by atoms with Crippen LogP contribution >= 0.6 is 11.3 Å². The van der Waals surface area contributed by atoms with Crippen LogP contribution in [0.4, 0.5) is 0 Å². The van der Waals surface area contributed by atoms with Gasteiger partial charge in [0.25, 0.3) is 0 Å². The molecule has 0 spiro atoms. The molecule has 5 heteroatoms. The second-order valence-electron chi connectivity index (χ2n) is 5.37. The number of aromatic nitrogens is 3. The highest BCUT2D eigenvalue weighted by molar-refractivity contribution is 7.18. The third-order valence-electron chi connectivity index (χ3n) is 4.12. The topological polar surface area (TPSA) is 64.7 Å². The molecule has 0 saturated heterocycles. The van der Waals surface area contributed by atoms with Crippen molar-refractivity contribution in [2.45, 2.75) is 38.0 Å². The molecule has 1 aliphatic carbocycles. The van der Waals surface area contributed by atoms with Crippen LogP contribution < -0.4 is 5.73 Å². The van der Waals surface area contributed by atoms with E-state index in [9.17, 15) is 0 Å². The molecule has 0 aliphatic heterocycles. The second-order valence-corrected chi connectivity index (χ2v) is 6.35. The quantitative estimate of drug-likeness (QED) is 0.903. The van der Waals surface area contributed by atoms with E-state index in [2.05, 4.69) is 21.9 Å². The molecule has 2 aromatic heterocycles. The van der Waals surface area contributed by atoms with Gasteiger partial charge in [-0.25, -0.2) is 15.0 Å². The standard InChI is InChI=1S/C13H18N4S/c1-9-2-4-13(8-14,5-3-9)12-17-10-11(18-12)16-7-6-15-10/h6-7,9H,2-5,8,14H2,1H3. The first-order valence-electron chi connectivity index (χ1n) is 6.52.